The number of rotatable bonds is 11. The van der Waals surface area contributed by atoms with E-state index in [1.54, 1.807) is 43.3 Å². The number of primary amides is 1. The highest BCUT2D eigenvalue weighted by atomic mass is 32.1. The fraction of sp³-hybridized carbons (Fsp3) is 0.269. The molecule has 0 unspecified atom stereocenters. The lowest BCUT2D eigenvalue weighted by molar-refractivity contribution is -0.143. The second-order valence-corrected chi connectivity index (χ2v) is 8.81. The molecule has 0 aliphatic carbocycles. The van der Waals surface area contributed by atoms with Gasteiger partial charge in [0.1, 0.15) is 23.2 Å². The summed E-state index contributed by atoms with van der Waals surface area (Å²) in [6, 6.07) is 12.4. The summed E-state index contributed by atoms with van der Waals surface area (Å²) in [5.74, 6) is -2.28. The molecule has 0 radical (unpaired) electrons. The molecule has 0 bridgehead atoms. The number of nitrogens with two attached hydrogens (primary N) is 2. The van der Waals surface area contributed by atoms with Gasteiger partial charge in [-0.3, -0.25) is 24.1 Å². The van der Waals surface area contributed by atoms with Crippen LogP contribution in [0.4, 0.5) is 11.4 Å². The number of esters is 1. The maximum Gasteiger partial charge on any atom is 0.325 e. The van der Waals surface area contributed by atoms with Gasteiger partial charge in [0.15, 0.2) is 5.69 Å². The largest absolute Gasteiger partial charge is 0.497 e. The molecular weight excluding hydrogens is 510 g/mol. The Balaban J connectivity index is 2.16. The Kier molecular flexibility index (Phi) is 9.39. The van der Waals surface area contributed by atoms with E-state index >= 15 is 0 Å². The number of aryl methyl sites for hydroxylation is 1. The van der Waals surface area contributed by atoms with Crippen molar-refractivity contribution in [3.63, 3.8) is 0 Å². The highest BCUT2D eigenvalue weighted by Crippen LogP contribution is 2.34. The summed E-state index contributed by atoms with van der Waals surface area (Å²) >= 11 is 0.706. The quantitative estimate of drug-likeness (QED) is 0.312. The van der Waals surface area contributed by atoms with Crippen molar-refractivity contribution in [3.8, 4) is 5.75 Å². The Bertz CT molecular complexity index is 1310. The number of anilines is 2. The van der Waals surface area contributed by atoms with Crippen molar-refractivity contribution < 1.29 is 28.7 Å². The van der Waals surface area contributed by atoms with Crippen LogP contribution < -0.4 is 26.4 Å². The number of carbonyl (C=O) groups is 4. The summed E-state index contributed by atoms with van der Waals surface area (Å²) in [5, 5.41) is 2.56. The number of nitrogen functional groups attached to an aromatic ring is 1. The predicted molar refractivity (Wildman–Crippen MR) is 143 cm³/mol. The predicted octanol–water partition coefficient (Wildman–Crippen LogP) is 2.46. The van der Waals surface area contributed by atoms with Gasteiger partial charge in [-0.15, -0.1) is 0 Å². The lowest BCUT2D eigenvalue weighted by Crippen LogP contribution is -2.45. The van der Waals surface area contributed by atoms with Crippen LogP contribution in [0.3, 0.4) is 0 Å². The number of aromatic nitrogens is 1. The first kappa shape index (κ1) is 28.1. The van der Waals surface area contributed by atoms with Gasteiger partial charge in [0.2, 0.25) is 5.91 Å². The van der Waals surface area contributed by atoms with Crippen LogP contribution in [0.5, 0.6) is 5.75 Å². The molecule has 38 heavy (non-hydrogen) atoms. The van der Waals surface area contributed by atoms with Gasteiger partial charge in [-0.1, -0.05) is 31.2 Å². The zero-order valence-corrected chi connectivity index (χ0v) is 22.0. The van der Waals surface area contributed by atoms with E-state index in [1.807, 2.05) is 19.1 Å². The molecule has 2 aromatic carbocycles. The Morgan fingerprint density at radius 2 is 1.71 bits per heavy atom. The zero-order chi connectivity index (χ0) is 27.8. The van der Waals surface area contributed by atoms with Gasteiger partial charge in [-0.05, 0) is 60.3 Å². The Hall–Kier alpha value is -4.45. The molecule has 12 heteroatoms. The van der Waals surface area contributed by atoms with Gasteiger partial charge in [0.25, 0.3) is 11.8 Å². The first-order chi connectivity index (χ1) is 18.2. The van der Waals surface area contributed by atoms with Gasteiger partial charge >= 0.3 is 5.97 Å². The van der Waals surface area contributed by atoms with E-state index in [4.69, 9.17) is 20.9 Å². The normalized spacial score (nSPS) is 11.3. The fourth-order valence-electron chi connectivity index (χ4n) is 3.69. The summed E-state index contributed by atoms with van der Waals surface area (Å²) in [6.45, 7) is 3.40. The van der Waals surface area contributed by atoms with Crippen LogP contribution in [-0.2, 0) is 20.7 Å². The second kappa shape index (κ2) is 12.7. The summed E-state index contributed by atoms with van der Waals surface area (Å²) in [6.07, 6.45) is 0.764. The summed E-state index contributed by atoms with van der Waals surface area (Å²) in [4.78, 5) is 52.5. The molecule has 0 spiro atoms. The third kappa shape index (κ3) is 6.27. The number of nitrogens with one attached hydrogen (secondary N) is 1. The molecule has 0 saturated carbocycles. The molecule has 0 fully saturated rings. The van der Waals surface area contributed by atoms with E-state index in [9.17, 15) is 19.2 Å². The number of ether oxygens (including phenoxy) is 2. The van der Waals surface area contributed by atoms with Crippen molar-refractivity contribution in [1.82, 2.24) is 9.69 Å². The Labute approximate surface area is 223 Å². The molecule has 11 nitrogen and oxygen atoms in total. The average molecular weight is 540 g/mol. The third-order valence-corrected chi connectivity index (χ3v) is 6.50. The Morgan fingerprint density at radius 3 is 2.24 bits per heavy atom. The third-order valence-electron chi connectivity index (χ3n) is 5.65. The number of hydrogen-bond donors (Lipinski definition) is 3. The lowest BCUT2D eigenvalue weighted by Gasteiger charge is -2.31. The maximum absolute atomic E-state index is 14.0. The van der Waals surface area contributed by atoms with Crippen LogP contribution >= 0.6 is 11.5 Å². The summed E-state index contributed by atoms with van der Waals surface area (Å²) in [7, 11) is 1.51. The maximum atomic E-state index is 14.0. The number of amides is 3. The van der Waals surface area contributed by atoms with Gasteiger partial charge in [0.05, 0.1) is 19.4 Å². The molecule has 3 rings (SSSR count). The SMILES string of the molecule is CCOC(=O)CNC(=O)[C@H](c1ccc(OC)cc1)N(C(=O)c1snc(C(N)=O)c1N)c1ccc(CC)cc1. The standard InChI is InChI=1S/C26H29N5O6S/c1-4-15-6-10-17(11-7-15)31(26(35)23-20(27)21(24(28)33)30-38-23)22(16-8-12-18(36-3)13-9-16)25(34)29-14-19(32)37-5-2/h6-13,22H,4-5,14,27H2,1-3H3,(H2,28,33)(H,29,34)/t22-/m0/s1. The first-order valence-electron chi connectivity index (χ1n) is 11.8. The van der Waals surface area contributed by atoms with Crippen molar-refractivity contribution in [3.05, 3.63) is 70.2 Å². The minimum Gasteiger partial charge on any atom is -0.497 e. The summed E-state index contributed by atoms with van der Waals surface area (Å²) in [5.41, 5.74) is 12.8. The number of nitrogens with zero attached hydrogens (tertiary/aromatic N) is 2. The molecule has 200 valence electrons. The monoisotopic (exact) mass is 539 g/mol. The molecular formula is C26H29N5O6S. The van der Waals surface area contributed by atoms with Crippen molar-refractivity contribution in [2.45, 2.75) is 26.3 Å². The van der Waals surface area contributed by atoms with Crippen molar-refractivity contribution in [1.29, 1.82) is 0 Å². The van der Waals surface area contributed by atoms with E-state index in [0.717, 1.165) is 12.0 Å². The van der Waals surface area contributed by atoms with Gasteiger partial charge in [0, 0.05) is 5.69 Å². The number of hydrogen-bond acceptors (Lipinski definition) is 9. The Morgan fingerprint density at radius 1 is 1.05 bits per heavy atom. The van der Waals surface area contributed by atoms with E-state index in [1.165, 1.54) is 12.0 Å². The minimum absolute atomic E-state index is 0.0601. The van der Waals surface area contributed by atoms with Crippen molar-refractivity contribution in [2.24, 2.45) is 5.73 Å². The van der Waals surface area contributed by atoms with Gasteiger partial charge in [-0.2, -0.15) is 4.37 Å². The highest BCUT2D eigenvalue weighted by molar-refractivity contribution is 7.09. The van der Waals surface area contributed by atoms with E-state index in [-0.39, 0.29) is 22.9 Å². The number of carbonyl (C=O) groups excluding carboxylic acids is 4. The molecule has 3 amide bonds. The topological polar surface area (TPSA) is 167 Å². The first-order valence-corrected chi connectivity index (χ1v) is 12.5. The highest BCUT2D eigenvalue weighted by Gasteiger charge is 2.36. The van der Waals surface area contributed by atoms with Crippen LogP contribution in [0.2, 0.25) is 0 Å². The van der Waals surface area contributed by atoms with Crippen molar-refractivity contribution >= 4 is 46.6 Å². The van der Waals surface area contributed by atoms with Crippen molar-refractivity contribution in [2.75, 3.05) is 30.9 Å². The van der Waals surface area contributed by atoms with Crippen LogP contribution in [0.25, 0.3) is 0 Å². The zero-order valence-electron chi connectivity index (χ0n) is 21.2. The minimum atomic E-state index is -1.24. The smallest absolute Gasteiger partial charge is 0.325 e. The van der Waals surface area contributed by atoms with Crippen LogP contribution in [0.1, 0.15) is 51.2 Å². The van der Waals surface area contributed by atoms with Crippen LogP contribution in [0, 0.1) is 0 Å². The van der Waals surface area contributed by atoms with Gasteiger partial charge in [-0.25, -0.2) is 0 Å². The number of benzene rings is 2. The molecule has 5 N–H and O–H groups in total. The van der Waals surface area contributed by atoms with E-state index in [2.05, 4.69) is 9.69 Å². The molecule has 0 aliphatic heterocycles. The van der Waals surface area contributed by atoms with Gasteiger partial charge < -0.3 is 26.3 Å². The van der Waals surface area contributed by atoms with Crippen LogP contribution in [0.15, 0.2) is 48.5 Å². The molecule has 3 aromatic rings. The lowest BCUT2D eigenvalue weighted by atomic mass is 10.0. The molecule has 0 aliphatic rings. The molecule has 1 aromatic heterocycles. The fourth-order valence-corrected chi connectivity index (χ4v) is 4.43. The summed E-state index contributed by atoms with van der Waals surface area (Å²) < 4.78 is 14.1. The number of methoxy groups -OCH3 is 1. The molecule has 1 atom stereocenters. The van der Waals surface area contributed by atoms with E-state index in [0.29, 0.717) is 28.5 Å². The van der Waals surface area contributed by atoms with Crippen LogP contribution in [-0.4, -0.2) is 48.3 Å². The molecule has 0 saturated heterocycles. The molecule has 1 heterocycles. The second-order valence-electron chi connectivity index (χ2n) is 8.03. The average Bonchev–Trinajstić information content (AvgIpc) is 3.32. The van der Waals surface area contributed by atoms with E-state index < -0.39 is 36.3 Å².